The van der Waals surface area contributed by atoms with E-state index in [9.17, 15) is 22.8 Å². The van der Waals surface area contributed by atoms with Gasteiger partial charge in [-0.15, -0.1) is 0 Å². The van der Waals surface area contributed by atoms with Gasteiger partial charge < -0.3 is 5.32 Å². The van der Waals surface area contributed by atoms with Crippen molar-refractivity contribution in [2.75, 3.05) is 0 Å². The lowest BCUT2D eigenvalue weighted by molar-refractivity contribution is -0.137. The van der Waals surface area contributed by atoms with Crippen LogP contribution in [0, 0.1) is 0 Å². The Labute approximate surface area is 164 Å². The summed E-state index contributed by atoms with van der Waals surface area (Å²) in [6.45, 7) is 1.37. The van der Waals surface area contributed by atoms with Gasteiger partial charge in [-0.3, -0.25) is 9.69 Å². The van der Waals surface area contributed by atoms with Crippen molar-refractivity contribution in [1.29, 1.82) is 0 Å². The molecular weight excluding hydrogens is 381 g/mol. The Morgan fingerprint density at radius 2 is 1.66 bits per heavy atom. The fourth-order valence-corrected chi connectivity index (χ4v) is 3.71. The SMILES string of the molecule is CC1(c2cccc3ccccc23)NC(=O)N(Cc2cccc(C(F)(F)F)c2)C1=O. The molecule has 1 heterocycles. The molecule has 1 saturated heterocycles. The van der Waals surface area contributed by atoms with Gasteiger partial charge in [0.05, 0.1) is 12.1 Å². The maximum Gasteiger partial charge on any atom is 0.416 e. The third-order valence-corrected chi connectivity index (χ3v) is 5.20. The van der Waals surface area contributed by atoms with E-state index >= 15 is 0 Å². The Morgan fingerprint density at radius 3 is 2.41 bits per heavy atom. The van der Waals surface area contributed by atoms with E-state index in [1.807, 2.05) is 30.3 Å². The summed E-state index contributed by atoms with van der Waals surface area (Å²) in [5, 5.41) is 4.47. The highest BCUT2D eigenvalue weighted by atomic mass is 19.4. The monoisotopic (exact) mass is 398 g/mol. The predicted molar refractivity (Wildman–Crippen MR) is 102 cm³/mol. The van der Waals surface area contributed by atoms with Gasteiger partial charge >= 0.3 is 12.2 Å². The van der Waals surface area contributed by atoms with E-state index in [0.29, 0.717) is 5.56 Å². The molecule has 0 saturated carbocycles. The van der Waals surface area contributed by atoms with Crippen LogP contribution in [0.4, 0.5) is 18.0 Å². The number of fused-ring (bicyclic) bond motifs is 1. The summed E-state index contributed by atoms with van der Waals surface area (Å²) in [6, 6.07) is 17.0. The average Bonchev–Trinajstić information content (AvgIpc) is 2.91. The average molecular weight is 398 g/mol. The van der Waals surface area contributed by atoms with Gasteiger partial charge in [0.2, 0.25) is 0 Å². The number of benzene rings is 3. The van der Waals surface area contributed by atoms with Crippen molar-refractivity contribution in [2.45, 2.75) is 25.2 Å². The van der Waals surface area contributed by atoms with Crippen LogP contribution in [0.15, 0.2) is 66.7 Å². The number of alkyl halides is 3. The van der Waals surface area contributed by atoms with E-state index in [4.69, 9.17) is 0 Å². The topological polar surface area (TPSA) is 49.4 Å². The molecule has 3 aromatic rings. The number of hydrogen-bond donors (Lipinski definition) is 1. The first-order valence-electron chi connectivity index (χ1n) is 8.98. The molecule has 29 heavy (non-hydrogen) atoms. The first-order chi connectivity index (χ1) is 13.7. The summed E-state index contributed by atoms with van der Waals surface area (Å²) in [5.41, 5.74) is -1.26. The minimum atomic E-state index is -4.50. The van der Waals surface area contributed by atoms with Crippen LogP contribution >= 0.6 is 0 Å². The van der Waals surface area contributed by atoms with E-state index in [1.165, 1.54) is 12.1 Å². The number of nitrogens with one attached hydrogen (secondary N) is 1. The smallest absolute Gasteiger partial charge is 0.319 e. The second kappa shape index (κ2) is 6.62. The molecule has 4 nitrogen and oxygen atoms in total. The highest BCUT2D eigenvalue weighted by Crippen LogP contribution is 2.35. The molecule has 7 heteroatoms. The molecule has 148 valence electrons. The number of rotatable bonds is 3. The highest BCUT2D eigenvalue weighted by molar-refractivity contribution is 6.09. The van der Waals surface area contributed by atoms with Crippen molar-refractivity contribution in [3.8, 4) is 0 Å². The van der Waals surface area contributed by atoms with Gasteiger partial charge in [0.1, 0.15) is 5.54 Å². The summed E-state index contributed by atoms with van der Waals surface area (Å²) >= 11 is 0. The molecule has 0 aromatic heterocycles. The van der Waals surface area contributed by atoms with E-state index in [1.54, 1.807) is 19.1 Å². The molecule has 0 bridgehead atoms. The first kappa shape index (κ1) is 19.0. The van der Waals surface area contributed by atoms with E-state index < -0.39 is 29.2 Å². The number of carbonyl (C=O) groups is 2. The van der Waals surface area contributed by atoms with Crippen LogP contribution in [0.3, 0.4) is 0 Å². The third kappa shape index (κ3) is 3.22. The van der Waals surface area contributed by atoms with Crippen LogP contribution in [-0.2, 0) is 23.1 Å². The molecular formula is C22H17F3N2O2. The van der Waals surface area contributed by atoms with E-state index in [2.05, 4.69) is 5.32 Å². The minimum absolute atomic E-state index is 0.227. The second-order valence-corrected chi connectivity index (χ2v) is 7.17. The largest absolute Gasteiger partial charge is 0.416 e. The van der Waals surface area contributed by atoms with Crippen molar-refractivity contribution < 1.29 is 22.8 Å². The molecule has 1 atom stereocenters. The lowest BCUT2D eigenvalue weighted by atomic mass is 9.88. The van der Waals surface area contributed by atoms with Crippen LogP contribution in [0.2, 0.25) is 0 Å². The quantitative estimate of drug-likeness (QED) is 0.643. The molecule has 0 radical (unpaired) electrons. The fourth-order valence-electron chi connectivity index (χ4n) is 3.71. The van der Waals surface area contributed by atoms with Gasteiger partial charge in [0.15, 0.2) is 0 Å². The zero-order valence-electron chi connectivity index (χ0n) is 15.5. The van der Waals surface area contributed by atoms with Crippen molar-refractivity contribution in [3.05, 3.63) is 83.4 Å². The number of nitrogens with zero attached hydrogens (tertiary/aromatic N) is 1. The summed E-state index contributed by atoms with van der Waals surface area (Å²) in [6.07, 6.45) is -4.50. The fraction of sp³-hybridized carbons (Fsp3) is 0.182. The standard InChI is InChI=1S/C22H17F3N2O2/c1-21(18-11-5-8-15-7-2-3-10-17(15)18)19(28)27(20(29)26-21)13-14-6-4-9-16(12-14)22(23,24)25/h2-12H,13H2,1H3,(H,26,29). The molecule has 1 aliphatic heterocycles. The molecule has 1 unspecified atom stereocenters. The Morgan fingerprint density at radius 1 is 0.966 bits per heavy atom. The summed E-state index contributed by atoms with van der Waals surface area (Å²) in [4.78, 5) is 26.7. The third-order valence-electron chi connectivity index (χ3n) is 5.20. The zero-order chi connectivity index (χ0) is 20.8. The Kier molecular flexibility index (Phi) is 4.33. The summed E-state index contributed by atoms with van der Waals surface area (Å²) in [7, 11) is 0. The van der Waals surface area contributed by atoms with Crippen LogP contribution in [0.25, 0.3) is 10.8 Å². The van der Waals surface area contributed by atoms with Gasteiger partial charge in [-0.2, -0.15) is 13.2 Å². The second-order valence-electron chi connectivity index (χ2n) is 7.17. The number of imide groups is 1. The zero-order valence-corrected chi connectivity index (χ0v) is 15.5. The molecule has 3 amide bonds. The summed E-state index contributed by atoms with van der Waals surface area (Å²) in [5.74, 6) is -0.503. The molecule has 1 fully saturated rings. The Hall–Kier alpha value is -3.35. The van der Waals surface area contributed by atoms with Crippen molar-refractivity contribution in [2.24, 2.45) is 0 Å². The van der Waals surface area contributed by atoms with Crippen molar-refractivity contribution in [1.82, 2.24) is 10.2 Å². The lowest BCUT2D eigenvalue weighted by Crippen LogP contribution is -2.41. The van der Waals surface area contributed by atoms with Crippen molar-refractivity contribution >= 4 is 22.7 Å². The van der Waals surface area contributed by atoms with Gasteiger partial charge in [0, 0.05) is 0 Å². The maximum atomic E-state index is 13.2. The van der Waals surface area contributed by atoms with E-state index in [-0.39, 0.29) is 12.1 Å². The van der Waals surface area contributed by atoms with Crippen LogP contribution in [-0.4, -0.2) is 16.8 Å². The predicted octanol–water partition coefficient (Wildman–Crippen LogP) is 4.83. The number of urea groups is 1. The number of amides is 3. The van der Waals surface area contributed by atoms with Gasteiger partial charge in [0.25, 0.3) is 5.91 Å². The van der Waals surface area contributed by atoms with Crippen LogP contribution < -0.4 is 5.32 Å². The van der Waals surface area contributed by atoms with Crippen molar-refractivity contribution in [3.63, 3.8) is 0 Å². The molecule has 1 aliphatic rings. The van der Waals surface area contributed by atoms with Gasteiger partial charge in [-0.25, -0.2) is 4.79 Å². The lowest BCUT2D eigenvalue weighted by Gasteiger charge is -2.24. The van der Waals surface area contributed by atoms with Crippen LogP contribution in [0.1, 0.15) is 23.6 Å². The molecule has 0 spiro atoms. The highest BCUT2D eigenvalue weighted by Gasteiger charge is 2.49. The molecule has 1 N–H and O–H groups in total. The normalized spacial score (nSPS) is 19.7. The Balaban J connectivity index is 1.69. The number of hydrogen-bond acceptors (Lipinski definition) is 2. The van der Waals surface area contributed by atoms with Crippen LogP contribution in [0.5, 0.6) is 0 Å². The maximum absolute atomic E-state index is 13.2. The molecule has 0 aliphatic carbocycles. The summed E-state index contributed by atoms with van der Waals surface area (Å²) < 4.78 is 38.9. The Bertz CT molecular complexity index is 1120. The van der Waals surface area contributed by atoms with Gasteiger partial charge in [-0.05, 0) is 41.0 Å². The van der Waals surface area contributed by atoms with E-state index in [0.717, 1.165) is 27.8 Å². The molecule has 3 aromatic carbocycles. The molecule has 4 rings (SSSR count). The minimum Gasteiger partial charge on any atom is -0.319 e. The number of halogens is 3. The first-order valence-corrected chi connectivity index (χ1v) is 8.98. The number of carbonyl (C=O) groups excluding carboxylic acids is 2. The van der Waals surface area contributed by atoms with Gasteiger partial charge in [-0.1, -0.05) is 54.6 Å².